The number of benzene rings is 2. The second-order valence-electron chi connectivity index (χ2n) is 6.29. The van der Waals surface area contributed by atoms with Gasteiger partial charge in [0.05, 0.1) is 7.11 Å². The van der Waals surface area contributed by atoms with Crippen LogP contribution >= 0.6 is 11.8 Å². The lowest BCUT2D eigenvalue weighted by molar-refractivity contribution is 0.252. The zero-order valence-corrected chi connectivity index (χ0v) is 16.8. The van der Waals surface area contributed by atoms with Crippen LogP contribution in [-0.4, -0.2) is 24.9 Å². The highest BCUT2D eigenvalue weighted by molar-refractivity contribution is 7.99. The van der Waals surface area contributed by atoms with Gasteiger partial charge in [-0.3, -0.25) is 0 Å². The van der Waals surface area contributed by atoms with Crippen molar-refractivity contribution in [2.45, 2.75) is 43.8 Å². The van der Waals surface area contributed by atoms with E-state index >= 15 is 0 Å². The predicted octanol–water partition coefficient (Wildman–Crippen LogP) is 5.26. The van der Waals surface area contributed by atoms with Crippen molar-refractivity contribution in [3.8, 4) is 5.75 Å². The molecule has 1 atom stereocenters. The Labute approximate surface area is 160 Å². The van der Waals surface area contributed by atoms with Gasteiger partial charge in [0.25, 0.3) is 0 Å². The molecule has 4 nitrogen and oxygen atoms in total. The van der Waals surface area contributed by atoms with Gasteiger partial charge >= 0.3 is 6.03 Å². The number of nitrogens with one attached hydrogen (secondary N) is 2. The van der Waals surface area contributed by atoms with Crippen molar-refractivity contribution in [1.82, 2.24) is 5.32 Å². The van der Waals surface area contributed by atoms with Gasteiger partial charge in [-0.2, -0.15) is 0 Å². The number of methoxy groups -OCH3 is 1. The number of carbonyl (C=O) groups is 1. The Morgan fingerprint density at radius 1 is 1.19 bits per heavy atom. The first-order chi connectivity index (χ1) is 12.5. The van der Waals surface area contributed by atoms with Crippen LogP contribution in [0.2, 0.25) is 0 Å². The van der Waals surface area contributed by atoms with E-state index < -0.39 is 0 Å². The van der Waals surface area contributed by atoms with Crippen molar-refractivity contribution >= 4 is 23.5 Å². The number of hydrogen-bond acceptors (Lipinski definition) is 3. The van der Waals surface area contributed by atoms with Crippen LogP contribution < -0.4 is 15.4 Å². The molecule has 0 spiro atoms. The molecule has 2 aromatic carbocycles. The number of aryl methyl sites for hydroxylation is 1. The first kappa shape index (κ1) is 20.2. The first-order valence-corrected chi connectivity index (χ1v) is 9.85. The van der Waals surface area contributed by atoms with Gasteiger partial charge in [-0.1, -0.05) is 26.0 Å². The maximum atomic E-state index is 12.1. The van der Waals surface area contributed by atoms with E-state index in [4.69, 9.17) is 4.74 Å². The lowest BCUT2D eigenvalue weighted by Crippen LogP contribution is -2.30. The van der Waals surface area contributed by atoms with Crippen LogP contribution in [0.25, 0.3) is 0 Å². The Bertz CT molecular complexity index is 716. The Morgan fingerprint density at radius 2 is 1.92 bits per heavy atom. The van der Waals surface area contributed by atoms with Gasteiger partial charge in [0.1, 0.15) is 5.75 Å². The van der Waals surface area contributed by atoms with Gasteiger partial charge in [0.15, 0.2) is 0 Å². The van der Waals surface area contributed by atoms with Crippen LogP contribution in [0.4, 0.5) is 10.5 Å². The molecule has 2 aromatic rings. The SMILES string of the molecule is CCC(C)Sc1ccc(NC(=O)NCCc2ccc(OC)cc2)c(C)c1. The highest BCUT2D eigenvalue weighted by Gasteiger charge is 2.07. The minimum Gasteiger partial charge on any atom is -0.497 e. The molecule has 140 valence electrons. The van der Waals surface area contributed by atoms with Crippen LogP contribution in [0.3, 0.4) is 0 Å². The lowest BCUT2D eigenvalue weighted by atomic mass is 10.1. The fraction of sp³-hybridized carbons (Fsp3) is 0.381. The molecule has 0 aliphatic rings. The van der Waals surface area contributed by atoms with Crippen LogP contribution in [0, 0.1) is 6.92 Å². The molecular weight excluding hydrogens is 344 g/mol. The molecule has 26 heavy (non-hydrogen) atoms. The predicted molar refractivity (Wildman–Crippen MR) is 111 cm³/mol. The molecular formula is C21H28N2O2S. The van der Waals surface area contributed by atoms with Crippen LogP contribution in [0.1, 0.15) is 31.4 Å². The number of rotatable bonds is 8. The topological polar surface area (TPSA) is 50.4 Å². The summed E-state index contributed by atoms with van der Waals surface area (Å²) in [5, 5.41) is 6.43. The maximum absolute atomic E-state index is 12.1. The number of hydrogen-bond donors (Lipinski definition) is 2. The maximum Gasteiger partial charge on any atom is 0.319 e. The summed E-state index contributed by atoms with van der Waals surface area (Å²) in [4.78, 5) is 13.4. The minimum atomic E-state index is -0.177. The number of amides is 2. The van der Waals surface area contributed by atoms with E-state index in [9.17, 15) is 4.79 Å². The summed E-state index contributed by atoms with van der Waals surface area (Å²) in [6.07, 6.45) is 1.92. The van der Waals surface area contributed by atoms with E-state index in [1.807, 2.05) is 49.0 Å². The second kappa shape index (κ2) is 10.1. The molecule has 2 amide bonds. The summed E-state index contributed by atoms with van der Waals surface area (Å²) in [5.41, 5.74) is 3.08. The quantitative estimate of drug-likeness (QED) is 0.622. The normalized spacial score (nSPS) is 11.7. The molecule has 2 N–H and O–H groups in total. The zero-order valence-electron chi connectivity index (χ0n) is 16.0. The first-order valence-electron chi connectivity index (χ1n) is 8.97. The average molecular weight is 373 g/mol. The third-order valence-corrected chi connectivity index (χ3v) is 5.48. The van der Waals surface area contributed by atoms with E-state index in [-0.39, 0.29) is 6.03 Å². The van der Waals surface area contributed by atoms with Gasteiger partial charge < -0.3 is 15.4 Å². The summed E-state index contributed by atoms with van der Waals surface area (Å²) in [5.74, 6) is 0.838. The van der Waals surface area contributed by atoms with E-state index in [0.29, 0.717) is 11.8 Å². The van der Waals surface area contributed by atoms with Crippen molar-refractivity contribution < 1.29 is 9.53 Å². The minimum absolute atomic E-state index is 0.177. The van der Waals surface area contributed by atoms with Crippen molar-refractivity contribution in [3.63, 3.8) is 0 Å². The van der Waals surface area contributed by atoms with Gasteiger partial charge in [0.2, 0.25) is 0 Å². The fourth-order valence-corrected chi connectivity index (χ4v) is 3.47. The molecule has 0 aliphatic heterocycles. The second-order valence-corrected chi connectivity index (χ2v) is 7.80. The van der Waals surface area contributed by atoms with E-state index in [1.165, 1.54) is 4.90 Å². The fourth-order valence-electron chi connectivity index (χ4n) is 2.44. The van der Waals surface area contributed by atoms with Gasteiger partial charge in [-0.15, -0.1) is 11.8 Å². The van der Waals surface area contributed by atoms with Crippen molar-refractivity contribution in [2.75, 3.05) is 19.0 Å². The summed E-state index contributed by atoms with van der Waals surface area (Å²) in [6.45, 7) is 7.02. The van der Waals surface area contributed by atoms with E-state index in [2.05, 4.69) is 36.6 Å². The average Bonchev–Trinajstić information content (AvgIpc) is 2.64. The largest absolute Gasteiger partial charge is 0.497 e. The standard InChI is InChI=1S/C21H28N2O2S/c1-5-16(3)26-19-10-11-20(15(2)14-19)23-21(24)22-13-12-17-6-8-18(25-4)9-7-17/h6-11,14,16H,5,12-13H2,1-4H3,(H2,22,23,24). The zero-order chi connectivity index (χ0) is 18.9. The number of ether oxygens (including phenoxy) is 1. The van der Waals surface area contributed by atoms with Crippen molar-refractivity contribution in [2.24, 2.45) is 0 Å². The number of thioether (sulfide) groups is 1. The highest BCUT2D eigenvalue weighted by Crippen LogP contribution is 2.28. The number of carbonyl (C=O) groups excluding carboxylic acids is 1. The molecule has 0 radical (unpaired) electrons. The molecule has 2 rings (SSSR count). The molecule has 1 unspecified atom stereocenters. The van der Waals surface area contributed by atoms with Gasteiger partial charge in [0, 0.05) is 22.4 Å². The molecule has 0 heterocycles. The summed E-state index contributed by atoms with van der Waals surface area (Å²) < 4.78 is 5.14. The lowest BCUT2D eigenvalue weighted by Gasteiger charge is -2.13. The molecule has 0 aliphatic carbocycles. The van der Waals surface area contributed by atoms with E-state index in [1.54, 1.807) is 7.11 Å². The van der Waals surface area contributed by atoms with Crippen molar-refractivity contribution in [3.05, 3.63) is 53.6 Å². The molecule has 5 heteroatoms. The summed E-state index contributed by atoms with van der Waals surface area (Å²) >= 11 is 1.86. The third-order valence-electron chi connectivity index (χ3n) is 4.22. The Hall–Kier alpha value is -2.14. The van der Waals surface area contributed by atoms with Gasteiger partial charge in [-0.25, -0.2) is 4.79 Å². The van der Waals surface area contributed by atoms with Crippen LogP contribution in [-0.2, 0) is 6.42 Å². The highest BCUT2D eigenvalue weighted by atomic mass is 32.2. The summed E-state index contributed by atoms with van der Waals surface area (Å²) in [6, 6.07) is 13.9. The molecule has 0 saturated carbocycles. The molecule has 0 fully saturated rings. The Balaban J connectivity index is 1.81. The number of anilines is 1. The third kappa shape index (κ3) is 6.30. The molecule has 0 bridgehead atoms. The number of urea groups is 1. The summed E-state index contributed by atoms with van der Waals surface area (Å²) in [7, 11) is 1.65. The van der Waals surface area contributed by atoms with Crippen LogP contribution in [0.15, 0.2) is 47.4 Å². The smallest absolute Gasteiger partial charge is 0.319 e. The molecule has 0 saturated heterocycles. The van der Waals surface area contributed by atoms with E-state index in [0.717, 1.165) is 35.4 Å². The molecule has 0 aromatic heterocycles. The van der Waals surface area contributed by atoms with Crippen LogP contribution in [0.5, 0.6) is 5.75 Å². The van der Waals surface area contributed by atoms with Crippen molar-refractivity contribution in [1.29, 1.82) is 0 Å². The van der Waals surface area contributed by atoms with Gasteiger partial charge in [-0.05, 0) is 61.2 Å². The Kier molecular flexibility index (Phi) is 7.85. The monoisotopic (exact) mass is 372 g/mol. The Morgan fingerprint density at radius 3 is 2.54 bits per heavy atom.